The molecule has 0 radical (unpaired) electrons. The topological polar surface area (TPSA) is 128 Å². The molecule has 0 saturated carbocycles. The van der Waals surface area contributed by atoms with Crippen LogP contribution in [0.25, 0.3) is 11.1 Å². The van der Waals surface area contributed by atoms with E-state index < -0.39 is 41.2 Å². The summed E-state index contributed by atoms with van der Waals surface area (Å²) >= 11 is 1.55. The Labute approximate surface area is 364 Å². The van der Waals surface area contributed by atoms with Crippen molar-refractivity contribution in [3.05, 3.63) is 126 Å². The van der Waals surface area contributed by atoms with E-state index in [9.17, 15) is 34.4 Å². The molecular weight excluding hydrogens is 863 g/mol. The van der Waals surface area contributed by atoms with Gasteiger partial charge in [0.1, 0.15) is 22.9 Å². The maximum absolute atomic E-state index is 14.1. The fourth-order valence-corrected chi connectivity index (χ4v) is 11.3. The third-order valence-electron chi connectivity index (χ3n) is 11.3. The Hall–Kier alpha value is -4.59. The van der Waals surface area contributed by atoms with E-state index in [1.165, 1.54) is 24.0 Å². The number of sulfone groups is 1. The molecule has 7 rings (SSSR count). The van der Waals surface area contributed by atoms with Crippen LogP contribution in [0.15, 0.2) is 118 Å². The lowest BCUT2D eigenvalue weighted by atomic mass is 9.96. The summed E-state index contributed by atoms with van der Waals surface area (Å²) in [6, 6.07) is 26.7. The van der Waals surface area contributed by atoms with Gasteiger partial charge in [0, 0.05) is 42.2 Å². The first kappa shape index (κ1) is 45.4. The monoisotopic (exact) mass is 911 g/mol. The second kappa shape index (κ2) is 19.0. The lowest BCUT2D eigenvalue weighted by molar-refractivity contribution is -0.0435. The van der Waals surface area contributed by atoms with Crippen molar-refractivity contribution >= 4 is 43.1 Å². The molecule has 1 fully saturated rings. The van der Waals surface area contributed by atoms with E-state index in [0.717, 1.165) is 60.6 Å². The third-order valence-corrected chi connectivity index (χ3v) is 15.6. The Bertz CT molecular complexity index is 2560. The van der Waals surface area contributed by atoms with Crippen LogP contribution < -0.4 is 10.0 Å². The zero-order valence-corrected chi connectivity index (χ0v) is 37.0. The second-order valence-corrected chi connectivity index (χ2v) is 20.7. The number of thioether (sulfide) groups is 1. The summed E-state index contributed by atoms with van der Waals surface area (Å²) in [4.78, 5) is 14.5. The smallest absolute Gasteiger partial charge is 0.381 e. The number of hydrogen-bond donors (Lipinski definition) is 2. The number of aromatic nitrogens is 2. The van der Waals surface area contributed by atoms with Gasteiger partial charge in [-0.3, -0.25) is 19.4 Å². The lowest BCUT2D eigenvalue weighted by Gasteiger charge is -2.40. The van der Waals surface area contributed by atoms with E-state index in [2.05, 4.69) is 41.9 Å². The Morgan fingerprint density at radius 3 is 2.27 bits per heavy atom. The largest absolute Gasteiger partial charge is 0.501 e. The summed E-state index contributed by atoms with van der Waals surface area (Å²) in [7, 11) is -6.86. The normalized spacial score (nSPS) is 16.8. The first-order chi connectivity index (χ1) is 29.5. The van der Waals surface area contributed by atoms with Crippen LogP contribution in [-0.4, -0.2) is 98.2 Å². The summed E-state index contributed by atoms with van der Waals surface area (Å²) in [6.45, 7) is 5.27. The number of rotatable bonds is 15. The Kier molecular flexibility index (Phi) is 13.9. The van der Waals surface area contributed by atoms with Crippen LogP contribution in [0.5, 0.6) is 0 Å². The van der Waals surface area contributed by atoms with Crippen molar-refractivity contribution < 1.29 is 34.4 Å². The fraction of sp³-hybridized carbons (Fsp3) is 0.364. The van der Waals surface area contributed by atoms with Gasteiger partial charge in [-0.25, -0.2) is 31.2 Å². The Morgan fingerprint density at radius 1 is 0.887 bits per heavy atom. The van der Waals surface area contributed by atoms with Crippen molar-refractivity contribution in [3.8, 4) is 11.1 Å². The summed E-state index contributed by atoms with van der Waals surface area (Å²) in [5.41, 5.74) is -1.65. The average molecular weight is 912 g/mol. The molecular formula is C44H49F4N7O4S3. The van der Waals surface area contributed by atoms with Gasteiger partial charge in [-0.2, -0.15) is 13.2 Å². The molecule has 0 spiro atoms. The van der Waals surface area contributed by atoms with Gasteiger partial charge in [0.25, 0.3) is 19.9 Å². The lowest BCUT2D eigenvalue weighted by Crippen LogP contribution is -2.46. The Balaban J connectivity index is 1.02. The molecule has 3 heterocycles. The molecule has 1 aromatic heterocycles. The highest BCUT2D eigenvalue weighted by atomic mass is 32.2. The molecule has 1 saturated heterocycles. The average Bonchev–Trinajstić information content (AvgIpc) is 3.24. The number of likely N-dealkylation sites (tertiary alicyclic amines) is 1. The van der Waals surface area contributed by atoms with Crippen molar-refractivity contribution in [2.24, 2.45) is 0 Å². The minimum atomic E-state index is -5.98. The maximum Gasteiger partial charge on any atom is 0.501 e. The summed E-state index contributed by atoms with van der Waals surface area (Å²) < 4.78 is 112. The predicted molar refractivity (Wildman–Crippen MR) is 234 cm³/mol. The van der Waals surface area contributed by atoms with Crippen LogP contribution in [0.2, 0.25) is 0 Å². The standard InChI is InChI=1S/C44H49F4N7O4S3/c1-30(25-42(53(2)3)60-35-10-5-4-6-11-35)51-39-18-17-36(26-41(39)61(56,57)44(46,47)48)62(58,59)52-43-38-21-24-55(28-40(38)49-29-50-43)34-19-22-54(23-20-34)27-32-9-7-8-12-37(32)31-13-15-33(45)16-14-31/h4-18,26,29-30,34,42,51H,19-25,27-28H2,1-3H3,(H,49,50,52). The van der Waals surface area contributed by atoms with Gasteiger partial charge in [-0.05, 0) is 119 Å². The van der Waals surface area contributed by atoms with E-state index in [-0.39, 0.29) is 28.7 Å². The molecule has 2 atom stereocenters. The minimum Gasteiger partial charge on any atom is -0.381 e. The molecule has 330 valence electrons. The zero-order chi connectivity index (χ0) is 44.2. The number of sulfonamides is 1. The van der Waals surface area contributed by atoms with E-state index in [1.807, 2.05) is 61.5 Å². The number of nitrogens with zero attached hydrogens (tertiary/aromatic N) is 5. The zero-order valence-electron chi connectivity index (χ0n) is 34.5. The molecule has 62 heavy (non-hydrogen) atoms. The van der Waals surface area contributed by atoms with Crippen molar-refractivity contribution in [3.63, 3.8) is 0 Å². The summed E-state index contributed by atoms with van der Waals surface area (Å²) in [5, 5.41) is 2.79. The summed E-state index contributed by atoms with van der Waals surface area (Å²) in [6.07, 6.45) is 3.89. The molecule has 2 N–H and O–H groups in total. The predicted octanol–water partition coefficient (Wildman–Crippen LogP) is 8.27. The van der Waals surface area contributed by atoms with Crippen LogP contribution in [-0.2, 0) is 39.4 Å². The molecule has 2 unspecified atom stereocenters. The van der Waals surface area contributed by atoms with Crippen LogP contribution in [0, 0.1) is 5.82 Å². The van der Waals surface area contributed by atoms with E-state index >= 15 is 0 Å². The molecule has 4 aromatic carbocycles. The molecule has 2 aliphatic heterocycles. The van der Waals surface area contributed by atoms with Gasteiger partial charge in [0.15, 0.2) is 0 Å². The van der Waals surface area contributed by atoms with Crippen molar-refractivity contribution in [2.75, 3.05) is 43.8 Å². The molecule has 18 heteroatoms. The first-order valence-corrected chi connectivity index (χ1v) is 24.1. The maximum atomic E-state index is 14.1. The van der Waals surface area contributed by atoms with E-state index in [1.54, 1.807) is 30.8 Å². The number of hydrogen-bond acceptors (Lipinski definition) is 11. The number of fused-ring (bicyclic) bond motifs is 1. The molecule has 0 aliphatic carbocycles. The number of anilines is 2. The minimum absolute atomic E-state index is 0.00835. The van der Waals surface area contributed by atoms with Gasteiger partial charge in [0.05, 0.1) is 21.7 Å². The van der Waals surface area contributed by atoms with Crippen molar-refractivity contribution in [2.45, 2.75) is 83.3 Å². The molecule has 11 nitrogen and oxygen atoms in total. The number of piperidine rings is 1. The SMILES string of the molecule is CC(CC(Sc1ccccc1)N(C)C)Nc1ccc(S(=O)(=O)Nc2ncnc3c2CCN(C2CCN(Cc4ccccc4-c4ccc(F)cc4)CC2)C3)cc1S(=O)(=O)C(F)(F)F. The highest BCUT2D eigenvalue weighted by molar-refractivity contribution is 7.99. The number of benzene rings is 4. The van der Waals surface area contributed by atoms with Crippen LogP contribution in [0.3, 0.4) is 0 Å². The second-order valence-electron chi connectivity index (χ2n) is 15.9. The van der Waals surface area contributed by atoms with Crippen LogP contribution in [0.1, 0.15) is 43.0 Å². The molecule has 2 aliphatic rings. The van der Waals surface area contributed by atoms with E-state index in [0.29, 0.717) is 43.3 Å². The van der Waals surface area contributed by atoms with Gasteiger partial charge < -0.3 is 5.32 Å². The highest BCUT2D eigenvalue weighted by Crippen LogP contribution is 2.38. The fourth-order valence-electron chi connectivity index (χ4n) is 8.00. The third kappa shape index (κ3) is 10.6. The van der Waals surface area contributed by atoms with E-state index in [4.69, 9.17) is 0 Å². The van der Waals surface area contributed by atoms with Crippen LogP contribution >= 0.6 is 11.8 Å². The van der Waals surface area contributed by atoms with Crippen molar-refractivity contribution in [1.29, 1.82) is 0 Å². The highest BCUT2D eigenvalue weighted by Gasteiger charge is 2.48. The Morgan fingerprint density at radius 2 is 1.58 bits per heavy atom. The summed E-state index contributed by atoms with van der Waals surface area (Å²) in [5.74, 6) is -0.284. The quantitative estimate of drug-likeness (QED) is 0.0599. The van der Waals surface area contributed by atoms with Crippen LogP contribution in [0.4, 0.5) is 29.1 Å². The van der Waals surface area contributed by atoms with Gasteiger partial charge >= 0.3 is 5.51 Å². The van der Waals surface area contributed by atoms with Gasteiger partial charge in [0.2, 0.25) is 0 Å². The number of alkyl halides is 3. The first-order valence-electron chi connectivity index (χ1n) is 20.2. The van der Waals surface area contributed by atoms with Gasteiger partial charge in [-0.15, -0.1) is 11.8 Å². The molecule has 5 aromatic rings. The molecule has 0 bridgehead atoms. The number of nitrogens with one attached hydrogen (secondary N) is 2. The van der Waals surface area contributed by atoms with Crippen molar-refractivity contribution in [1.82, 2.24) is 24.7 Å². The van der Waals surface area contributed by atoms with Gasteiger partial charge in [-0.1, -0.05) is 54.6 Å². The molecule has 0 amide bonds. The number of halogens is 4.